The van der Waals surface area contributed by atoms with Crippen LogP contribution in [0.3, 0.4) is 0 Å². The van der Waals surface area contributed by atoms with Crippen LogP contribution in [0.15, 0.2) is 24.5 Å². The fourth-order valence-corrected chi connectivity index (χ4v) is 3.56. The Hall–Kier alpha value is -0.740. The molecule has 1 aromatic rings. The van der Waals surface area contributed by atoms with Crippen LogP contribution in [-0.2, 0) is 0 Å². The quantitative estimate of drug-likeness (QED) is 0.782. The van der Waals surface area contributed by atoms with Gasteiger partial charge in [0.05, 0.1) is 0 Å². The van der Waals surface area contributed by atoms with Crippen LogP contribution in [0.1, 0.15) is 33.1 Å². The van der Waals surface area contributed by atoms with E-state index in [0.29, 0.717) is 12.1 Å². The molecule has 1 fully saturated rings. The van der Waals surface area contributed by atoms with Crippen LogP contribution >= 0.6 is 11.8 Å². The van der Waals surface area contributed by atoms with Gasteiger partial charge in [-0.1, -0.05) is 6.92 Å². The van der Waals surface area contributed by atoms with Crippen molar-refractivity contribution in [2.24, 2.45) is 0 Å². The SMILES string of the molecule is CCSCCC(C)NC1CCN(c2ccncc2)CC1. The summed E-state index contributed by atoms with van der Waals surface area (Å²) in [5.74, 6) is 2.51. The van der Waals surface area contributed by atoms with Crippen LogP contribution in [0.5, 0.6) is 0 Å². The molecule has 1 aliphatic rings. The Bertz CT molecular complexity index is 363. The lowest BCUT2D eigenvalue weighted by molar-refractivity contribution is 0.373. The van der Waals surface area contributed by atoms with Gasteiger partial charge in [0.25, 0.3) is 0 Å². The standard InChI is InChI=1S/C16H27N3S/c1-3-20-13-8-14(2)18-15-6-11-19(12-7-15)16-4-9-17-10-5-16/h4-5,9-10,14-15,18H,3,6-8,11-13H2,1-2H3. The van der Waals surface area contributed by atoms with Crippen LogP contribution in [-0.4, -0.2) is 41.7 Å². The summed E-state index contributed by atoms with van der Waals surface area (Å²) < 4.78 is 0. The molecule has 1 aromatic heterocycles. The van der Waals surface area contributed by atoms with Gasteiger partial charge < -0.3 is 10.2 Å². The summed E-state index contributed by atoms with van der Waals surface area (Å²) in [5.41, 5.74) is 1.31. The van der Waals surface area contributed by atoms with Crippen molar-refractivity contribution in [2.45, 2.75) is 45.2 Å². The van der Waals surface area contributed by atoms with E-state index in [0.717, 1.165) is 13.1 Å². The van der Waals surface area contributed by atoms with Gasteiger partial charge in [0.15, 0.2) is 0 Å². The lowest BCUT2D eigenvalue weighted by atomic mass is 10.0. The number of piperidine rings is 1. The van der Waals surface area contributed by atoms with Crippen molar-refractivity contribution in [3.05, 3.63) is 24.5 Å². The van der Waals surface area contributed by atoms with Crippen molar-refractivity contribution in [3.8, 4) is 0 Å². The van der Waals surface area contributed by atoms with E-state index >= 15 is 0 Å². The molecule has 0 bridgehead atoms. The van der Waals surface area contributed by atoms with Crippen molar-refractivity contribution in [3.63, 3.8) is 0 Å². The molecule has 2 rings (SSSR count). The van der Waals surface area contributed by atoms with Crippen LogP contribution in [0, 0.1) is 0 Å². The first-order valence-corrected chi connectivity index (χ1v) is 8.94. The number of aromatic nitrogens is 1. The molecule has 1 N–H and O–H groups in total. The molecule has 1 unspecified atom stereocenters. The van der Waals surface area contributed by atoms with Crippen molar-refractivity contribution < 1.29 is 0 Å². The third kappa shape index (κ3) is 4.98. The summed E-state index contributed by atoms with van der Waals surface area (Å²) in [4.78, 5) is 6.56. The van der Waals surface area contributed by atoms with Gasteiger partial charge in [-0.15, -0.1) is 0 Å². The summed E-state index contributed by atoms with van der Waals surface area (Å²) >= 11 is 2.04. The molecule has 2 heterocycles. The summed E-state index contributed by atoms with van der Waals surface area (Å²) in [6.45, 7) is 6.86. The number of nitrogens with zero attached hydrogens (tertiary/aromatic N) is 2. The fourth-order valence-electron chi connectivity index (χ4n) is 2.75. The Labute approximate surface area is 127 Å². The van der Waals surface area contributed by atoms with Crippen molar-refractivity contribution in [1.29, 1.82) is 0 Å². The van der Waals surface area contributed by atoms with Crippen molar-refractivity contribution in [2.75, 3.05) is 29.5 Å². The van der Waals surface area contributed by atoms with Crippen LogP contribution in [0.2, 0.25) is 0 Å². The number of nitrogens with one attached hydrogen (secondary N) is 1. The average Bonchev–Trinajstić information content (AvgIpc) is 2.49. The molecular formula is C16H27N3S. The highest BCUT2D eigenvalue weighted by atomic mass is 32.2. The zero-order chi connectivity index (χ0) is 14.2. The van der Waals surface area contributed by atoms with Gasteiger partial charge >= 0.3 is 0 Å². The predicted molar refractivity (Wildman–Crippen MR) is 89.7 cm³/mol. The van der Waals surface area contributed by atoms with Gasteiger partial charge in [-0.3, -0.25) is 4.98 Å². The van der Waals surface area contributed by atoms with Gasteiger partial charge in [0.2, 0.25) is 0 Å². The van der Waals surface area contributed by atoms with E-state index in [1.807, 2.05) is 24.2 Å². The zero-order valence-corrected chi connectivity index (χ0v) is 13.5. The molecule has 112 valence electrons. The molecule has 0 saturated carbocycles. The van der Waals surface area contributed by atoms with E-state index in [9.17, 15) is 0 Å². The maximum absolute atomic E-state index is 4.09. The molecule has 3 nitrogen and oxygen atoms in total. The molecule has 4 heteroatoms. The van der Waals surface area contributed by atoms with E-state index < -0.39 is 0 Å². The van der Waals surface area contributed by atoms with E-state index in [2.05, 4.69) is 41.2 Å². The number of pyridine rings is 1. The minimum absolute atomic E-state index is 0.645. The zero-order valence-electron chi connectivity index (χ0n) is 12.7. The van der Waals surface area contributed by atoms with Gasteiger partial charge in [0.1, 0.15) is 0 Å². The number of hydrogen-bond acceptors (Lipinski definition) is 4. The molecular weight excluding hydrogens is 266 g/mol. The predicted octanol–water partition coefficient (Wildman–Crippen LogP) is 3.17. The average molecular weight is 293 g/mol. The Morgan fingerprint density at radius 3 is 2.70 bits per heavy atom. The molecule has 0 aliphatic carbocycles. The second kappa shape index (κ2) is 8.53. The van der Waals surface area contributed by atoms with Gasteiger partial charge in [-0.2, -0.15) is 11.8 Å². The highest BCUT2D eigenvalue weighted by Crippen LogP contribution is 2.19. The topological polar surface area (TPSA) is 28.2 Å². The Morgan fingerprint density at radius 1 is 1.35 bits per heavy atom. The second-order valence-electron chi connectivity index (χ2n) is 5.52. The second-order valence-corrected chi connectivity index (χ2v) is 6.91. The van der Waals surface area contributed by atoms with Gasteiger partial charge in [-0.25, -0.2) is 0 Å². The number of hydrogen-bond donors (Lipinski definition) is 1. The maximum Gasteiger partial charge on any atom is 0.0397 e. The maximum atomic E-state index is 4.09. The first-order chi connectivity index (χ1) is 9.79. The molecule has 1 atom stereocenters. The largest absolute Gasteiger partial charge is 0.371 e. The first kappa shape index (κ1) is 15.6. The van der Waals surface area contributed by atoms with Gasteiger partial charge in [0, 0.05) is 43.3 Å². The highest BCUT2D eigenvalue weighted by molar-refractivity contribution is 7.99. The summed E-state index contributed by atoms with van der Waals surface area (Å²) in [6, 6.07) is 5.55. The molecule has 20 heavy (non-hydrogen) atoms. The summed E-state index contributed by atoms with van der Waals surface area (Å²) in [5, 5.41) is 3.80. The van der Waals surface area contributed by atoms with Crippen LogP contribution in [0.25, 0.3) is 0 Å². The number of anilines is 1. The third-order valence-corrected chi connectivity index (χ3v) is 4.88. The smallest absolute Gasteiger partial charge is 0.0397 e. The van der Waals surface area contributed by atoms with Gasteiger partial charge in [-0.05, 0) is 49.8 Å². The van der Waals surface area contributed by atoms with Crippen LogP contribution < -0.4 is 10.2 Å². The number of rotatable bonds is 7. The molecule has 0 aromatic carbocycles. The third-order valence-electron chi connectivity index (χ3n) is 3.94. The first-order valence-electron chi connectivity index (χ1n) is 7.78. The van der Waals surface area contributed by atoms with E-state index in [1.165, 1.54) is 36.5 Å². The normalized spacial score (nSPS) is 18.2. The molecule has 0 radical (unpaired) electrons. The summed E-state index contributed by atoms with van der Waals surface area (Å²) in [7, 11) is 0. The van der Waals surface area contributed by atoms with Crippen LogP contribution in [0.4, 0.5) is 5.69 Å². The molecule has 1 saturated heterocycles. The minimum atomic E-state index is 0.645. The van der Waals surface area contributed by atoms with Crippen molar-refractivity contribution >= 4 is 17.4 Å². The Balaban J connectivity index is 1.69. The fraction of sp³-hybridized carbons (Fsp3) is 0.688. The van der Waals surface area contributed by atoms with E-state index in [1.54, 1.807) is 0 Å². The summed E-state index contributed by atoms with van der Waals surface area (Å²) in [6.07, 6.45) is 7.53. The highest BCUT2D eigenvalue weighted by Gasteiger charge is 2.20. The molecule has 0 spiro atoms. The monoisotopic (exact) mass is 293 g/mol. The van der Waals surface area contributed by atoms with Crippen molar-refractivity contribution in [1.82, 2.24) is 10.3 Å². The minimum Gasteiger partial charge on any atom is -0.371 e. The lowest BCUT2D eigenvalue weighted by Crippen LogP contribution is -2.45. The van der Waals surface area contributed by atoms with E-state index in [-0.39, 0.29) is 0 Å². The van der Waals surface area contributed by atoms with E-state index in [4.69, 9.17) is 0 Å². The molecule has 0 amide bonds. The molecule has 1 aliphatic heterocycles. The Kier molecular flexibility index (Phi) is 6.67. The number of thioether (sulfide) groups is 1. The Morgan fingerprint density at radius 2 is 2.05 bits per heavy atom. The lowest BCUT2D eigenvalue weighted by Gasteiger charge is -2.35.